The Balaban J connectivity index is 1.78. The lowest BCUT2D eigenvalue weighted by atomic mass is 10.2. The van der Waals surface area contributed by atoms with Gasteiger partial charge in [0.2, 0.25) is 5.75 Å². The van der Waals surface area contributed by atoms with E-state index in [1.807, 2.05) is 0 Å². The van der Waals surface area contributed by atoms with E-state index in [2.05, 4.69) is 10.5 Å². The topological polar surface area (TPSA) is 166 Å². The van der Waals surface area contributed by atoms with Crippen molar-refractivity contribution in [3.63, 3.8) is 0 Å². The van der Waals surface area contributed by atoms with Crippen LogP contribution in [-0.4, -0.2) is 34.2 Å². The van der Waals surface area contributed by atoms with E-state index in [9.17, 15) is 30.1 Å². The van der Waals surface area contributed by atoms with Crippen LogP contribution in [0.4, 0.5) is 11.4 Å². The zero-order chi connectivity index (χ0) is 24.0. The van der Waals surface area contributed by atoms with Crippen molar-refractivity contribution >= 4 is 23.5 Å². The minimum absolute atomic E-state index is 0.0562. The number of hydrazone groups is 1. The van der Waals surface area contributed by atoms with Crippen molar-refractivity contribution in [2.24, 2.45) is 5.10 Å². The average molecular weight is 452 g/mol. The molecule has 33 heavy (non-hydrogen) atoms. The normalized spacial score (nSPS) is 10.6. The van der Waals surface area contributed by atoms with E-state index in [-0.39, 0.29) is 28.6 Å². The molecule has 168 valence electrons. The molecule has 0 bridgehead atoms. The molecule has 0 fully saturated rings. The minimum atomic E-state index is -0.789. The Bertz CT molecular complexity index is 1260. The van der Waals surface area contributed by atoms with Gasteiger partial charge in [0.25, 0.3) is 11.6 Å². The van der Waals surface area contributed by atoms with E-state index in [0.29, 0.717) is 5.56 Å². The van der Waals surface area contributed by atoms with Gasteiger partial charge in [0.1, 0.15) is 5.75 Å². The van der Waals surface area contributed by atoms with Crippen molar-refractivity contribution in [2.45, 2.75) is 0 Å². The summed E-state index contributed by atoms with van der Waals surface area (Å²) in [6, 6.07) is 13.5. The Hall–Kier alpha value is -5.00. The summed E-state index contributed by atoms with van der Waals surface area (Å²) >= 11 is 0. The zero-order valence-corrected chi connectivity index (χ0v) is 17.0. The fourth-order valence-electron chi connectivity index (χ4n) is 2.71. The number of nitro benzene ring substituents is 2. The summed E-state index contributed by atoms with van der Waals surface area (Å²) in [4.78, 5) is 32.7. The van der Waals surface area contributed by atoms with Gasteiger partial charge < -0.3 is 14.6 Å². The number of ether oxygens (including phenoxy) is 2. The Morgan fingerprint density at radius 2 is 1.73 bits per heavy atom. The molecule has 0 aromatic heterocycles. The van der Waals surface area contributed by atoms with Gasteiger partial charge in [0, 0.05) is 6.07 Å². The molecule has 0 radical (unpaired) electrons. The maximum atomic E-state index is 12.1. The van der Waals surface area contributed by atoms with Gasteiger partial charge in [-0.3, -0.25) is 25.0 Å². The molecule has 3 aromatic rings. The quantitative estimate of drug-likeness (QED) is 0.296. The first-order valence-corrected chi connectivity index (χ1v) is 9.20. The predicted molar refractivity (Wildman–Crippen MR) is 116 cm³/mol. The Morgan fingerprint density at radius 1 is 1.00 bits per heavy atom. The molecule has 2 N–H and O–H groups in total. The van der Waals surface area contributed by atoms with Crippen LogP contribution in [0.5, 0.6) is 23.0 Å². The number of rotatable bonds is 8. The first-order chi connectivity index (χ1) is 15.8. The average Bonchev–Trinajstić information content (AvgIpc) is 2.80. The number of nitro groups is 2. The second kappa shape index (κ2) is 9.87. The van der Waals surface area contributed by atoms with Crippen molar-refractivity contribution in [3.8, 4) is 23.0 Å². The molecular weight excluding hydrogens is 436 g/mol. The molecule has 12 heteroatoms. The van der Waals surface area contributed by atoms with Crippen LogP contribution in [0.15, 0.2) is 65.8 Å². The van der Waals surface area contributed by atoms with Gasteiger partial charge in [-0.2, -0.15) is 5.10 Å². The van der Waals surface area contributed by atoms with Crippen LogP contribution in [0.2, 0.25) is 0 Å². The monoisotopic (exact) mass is 452 g/mol. The molecule has 12 nitrogen and oxygen atoms in total. The highest BCUT2D eigenvalue weighted by molar-refractivity contribution is 5.97. The predicted octanol–water partition coefficient (Wildman–Crippen LogP) is 3.77. The lowest BCUT2D eigenvalue weighted by Gasteiger charge is -2.11. The lowest BCUT2D eigenvalue weighted by Crippen LogP contribution is -2.17. The summed E-state index contributed by atoms with van der Waals surface area (Å²) in [6.45, 7) is 0. The highest BCUT2D eigenvalue weighted by Crippen LogP contribution is 2.38. The fraction of sp³-hybridized carbons (Fsp3) is 0.0476. The van der Waals surface area contributed by atoms with Gasteiger partial charge in [-0.15, -0.1) is 0 Å². The standard InChI is InChI=1S/C21H16N4O8/c1-32-20-10-13(12-22-23-21(27)15-4-2-3-5-17(15)26)6-8-19(20)33-18-9-7-14(24(28)29)11-16(18)25(30)31/h2-12,26H,1H3,(H,23,27)/b22-12-. The van der Waals surface area contributed by atoms with Gasteiger partial charge in [0.15, 0.2) is 11.5 Å². The van der Waals surface area contributed by atoms with Crippen LogP contribution in [0.1, 0.15) is 15.9 Å². The smallest absolute Gasteiger partial charge is 0.318 e. The second-order valence-corrected chi connectivity index (χ2v) is 6.39. The second-order valence-electron chi connectivity index (χ2n) is 6.39. The number of aromatic hydroxyl groups is 1. The van der Waals surface area contributed by atoms with E-state index in [1.165, 1.54) is 37.6 Å². The van der Waals surface area contributed by atoms with Crippen LogP contribution in [0.3, 0.4) is 0 Å². The highest BCUT2D eigenvalue weighted by atomic mass is 16.6. The molecule has 0 saturated heterocycles. The molecule has 0 heterocycles. The number of hydrogen-bond donors (Lipinski definition) is 2. The largest absolute Gasteiger partial charge is 0.507 e. The summed E-state index contributed by atoms with van der Waals surface area (Å²) in [5, 5.41) is 35.7. The van der Waals surface area contributed by atoms with E-state index in [1.54, 1.807) is 18.2 Å². The molecule has 1 amide bonds. The number of carbonyl (C=O) groups excluding carboxylic acids is 1. The Labute approximate surface area is 186 Å². The first-order valence-electron chi connectivity index (χ1n) is 9.20. The van der Waals surface area contributed by atoms with Gasteiger partial charge in [-0.1, -0.05) is 12.1 Å². The van der Waals surface area contributed by atoms with Gasteiger partial charge >= 0.3 is 5.69 Å². The third-order valence-corrected chi connectivity index (χ3v) is 4.29. The van der Waals surface area contributed by atoms with Gasteiger partial charge in [-0.25, -0.2) is 5.43 Å². The number of phenolic OH excluding ortho intramolecular Hbond substituents is 1. The van der Waals surface area contributed by atoms with Crippen LogP contribution < -0.4 is 14.9 Å². The number of benzene rings is 3. The van der Waals surface area contributed by atoms with Crippen molar-refractivity contribution < 1.29 is 29.2 Å². The summed E-state index contributed by atoms with van der Waals surface area (Å²) in [7, 11) is 1.35. The van der Waals surface area contributed by atoms with Crippen molar-refractivity contribution in [1.29, 1.82) is 0 Å². The Morgan fingerprint density at radius 3 is 2.39 bits per heavy atom. The molecule has 3 aromatic carbocycles. The lowest BCUT2D eigenvalue weighted by molar-refractivity contribution is -0.394. The van der Waals surface area contributed by atoms with Crippen LogP contribution in [0, 0.1) is 20.2 Å². The molecule has 3 rings (SSSR count). The number of amides is 1. The third-order valence-electron chi connectivity index (χ3n) is 4.29. The molecular formula is C21H16N4O8. The molecule has 0 aliphatic carbocycles. The molecule has 0 aliphatic rings. The molecule has 0 saturated carbocycles. The van der Waals surface area contributed by atoms with Crippen LogP contribution >= 0.6 is 0 Å². The molecule has 0 aliphatic heterocycles. The molecule has 0 unspecified atom stereocenters. The third kappa shape index (κ3) is 5.38. The maximum absolute atomic E-state index is 12.1. The Kier molecular flexibility index (Phi) is 6.78. The van der Waals surface area contributed by atoms with Gasteiger partial charge in [0.05, 0.1) is 34.8 Å². The SMILES string of the molecule is COc1cc(/C=N\NC(=O)c2ccccc2O)ccc1Oc1ccc([N+](=O)[O-])cc1[N+](=O)[O-]. The maximum Gasteiger partial charge on any atom is 0.318 e. The number of para-hydroxylation sites is 1. The number of non-ortho nitro benzene ring substituents is 1. The molecule has 0 atom stereocenters. The van der Waals surface area contributed by atoms with Crippen molar-refractivity contribution in [2.75, 3.05) is 7.11 Å². The summed E-state index contributed by atoms with van der Waals surface area (Å²) in [6.07, 6.45) is 1.32. The van der Waals surface area contributed by atoms with Crippen LogP contribution in [0.25, 0.3) is 0 Å². The number of nitrogens with zero attached hydrogens (tertiary/aromatic N) is 3. The van der Waals surface area contributed by atoms with Crippen molar-refractivity contribution in [1.82, 2.24) is 5.43 Å². The van der Waals surface area contributed by atoms with E-state index in [0.717, 1.165) is 18.2 Å². The number of hydrogen-bond acceptors (Lipinski definition) is 9. The van der Waals surface area contributed by atoms with E-state index < -0.39 is 27.1 Å². The van der Waals surface area contributed by atoms with Crippen molar-refractivity contribution in [3.05, 3.63) is 92.0 Å². The number of methoxy groups -OCH3 is 1. The summed E-state index contributed by atoms with van der Waals surface area (Å²) in [5.41, 5.74) is 1.81. The molecule has 0 spiro atoms. The number of carbonyl (C=O) groups is 1. The van der Waals surface area contributed by atoms with E-state index >= 15 is 0 Å². The highest BCUT2D eigenvalue weighted by Gasteiger charge is 2.22. The van der Waals surface area contributed by atoms with E-state index in [4.69, 9.17) is 9.47 Å². The number of phenols is 1. The number of nitrogens with one attached hydrogen (secondary N) is 1. The zero-order valence-electron chi connectivity index (χ0n) is 17.0. The van der Waals surface area contributed by atoms with Gasteiger partial charge in [-0.05, 0) is 42.0 Å². The van der Waals surface area contributed by atoms with Crippen LogP contribution in [-0.2, 0) is 0 Å². The fourth-order valence-corrected chi connectivity index (χ4v) is 2.71. The first kappa shape index (κ1) is 22.7. The summed E-state index contributed by atoms with van der Waals surface area (Å²) in [5.74, 6) is -0.695. The summed E-state index contributed by atoms with van der Waals surface area (Å²) < 4.78 is 10.8. The minimum Gasteiger partial charge on any atom is -0.507 e.